The Morgan fingerprint density at radius 3 is 2.58 bits per heavy atom. The lowest BCUT2D eigenvalue weighted by Gasteiger charge is -2.10. The molecule has 0 aliphatic heterocycles. The molecule has 0 aliphatic carbocycles. The Morgan fingerprint density at radius 2 is 2.00 bits per heavy atom. The molecule has 2 aromatic rings. The molecule has 2 heterocycles. The van der Waals surface area contributed by atoms with Crippen LogP contribution in [-0.2, 0) is 0 Å². The van der Waals surface area contributed by atoms with Gasteiger partial charge in [-0.1, -0.05) is 0 Å². The van der Waals surface area contributed by atoms with Crippen molar-refractivity contribution in [2.45, 2.75) is 0 Å². The van der Waals surface area contributed by atoms with Crippen molar-refractivity contribution < 1.29 is 4.79 Å². The molecule has 0 fully saturated rings. The third-order valence-corrected chi connectivity index (χ3v) is 3.01. The fraction of sp³-hybridized carbons (Fsp3) is 0.154. The van der Waals surface area contributed by atoms with E-state index in [1.165, 1.54) is 11.1 Å². The van der Waals surface area contributed by atoms with Crippen molar-refractivity contribution in [1.82, 2.24) is 14.9 Å². The fourth-order valence-electron chi connectivity index (χ4n) is 1.59. The van der Waals surface area contributed by atoms with Crippen LogP contribution in [0.1, 0.15) is 10.4 Å². The Morgan fingerprint density at radius 1 is 1.26 bits per heavy atom. The van der Waals surface area contributed by atoms with Crippen molar-refractivity contribution in [3.05, 3.63) is 40.6 Å². The summed E-state index contributed by atoms with van der Waals surface area (Å²) < 4.78 is 0.826. The minimum atomic E-state index is -0.0839. The first-order valence-electron chi connectivity index (χ1n) is 5.58. The Kier molecular flexibility index (Phi) is 3.80. The highest BCUT2D eigenvalue weighted by Crippen LogP contribution is 2.25. The van der Waals surface area contributed by atoms with Gasteiger partial charge in [-0.3, -0.25) is 9.78 Å². The number of carbonyl (C=O) groups is 1. The van der Waals surface area contributed by atoms with Crippen LogP contribution in [0, 0.1) is 0 Å². The first kappa shape index (κ1) is 13.5. The summed E-state index contributed by atoms with van der Waals surface area (Å²) in [6, 6.07) is 5.33. The average Bonchev–Trinajstić information content (AvgIpc) is 2.41. The van der Waals surface area contributed by atoms with Crippen LogP contribution in [0.3, 0.4) is 0 Å². The SMILES string of the molecule is CN(C)C(=O)c1ccc(-c2cc(Br)cnc2N)nc1. The van der Waals surface area contributed by atoms with Gasteiger partial charge in [0.25, 0.3) is 5.91 Å². The van der Waals surface area contributed by atoms with Crippen molar-refractivity contribution in [2.24, 2.45) is 0 Å². The number of rotatable bonds is 2. The van der Waals surface area contributed by atoms with E-state index in [9.17, 15) is 4.79 Å². The summed E-state index contributed by atoms with van der Waals surface area (Å²) in [7, 11) is 3.40. The predicted octanol–water partition coefficient (Wildman–Crippen LogP) is 2.19. The van der Waals surface area contributed by atoms with Crippen LogP contribution in [0.15, 0.2) is 35.1 Å². The molecular weight excluding hydrogens is 308 g/mol. The zero-order valence-corrected chi connectivity index (χ0v) is 12.2. The van der Waals surface area contributed by atoms with E-state index in [1.807, 2.05) is 6.07 Å². The Labute approximate surface area is 119 Å². The van der Waals surface area contributed by atoms with E-state index < -0.39 is 0 Å². The first-order chi connectivity index (χ1) is 8.99. The third-order valence-electron chi connectivity index (χ3n) is 2.58. The van der Waals surface area contributed by atoms with Crippen molar-refractivity contribution in [1.29, 1.82) is 0 Å². The van der Waals surface area contributed by atoms with Gasteiger partial charge < -0.3 is 10.6 Å². The highest BCUT2D eigenvalue weighted by atomic mass is 79.9. The van der Waals surface area contributed by atoms with Gasteiger partial charge in [0.05, 0.1) is 11.3 Å². The van der Waals surface area contributed by atoms with Gasteiger partial charge >= 0.3 is 0 Å². The lowest BCUT2D eigenvalue weighted by Crippen LogP contribution is -2.21. The fourth-order valence-corrected chi connectivity index (χ4v) is 1.92. The van der Waals surface area contributed by atoms with Gasteiger partial charge in [-0.05, 0) is 34.1 Å². The lowest BCUT2D eigenvalue weighted by atomic mass is 10.1. The number of amides is 1. The Hall–Kier alpha value is -1.95. The van der Waals surface area contributed by atoms with Gasteiger partial charge in [-0.15, -0.1) is 0 Å². The number of nitrogens with zero attached hydrogens (tertiary/aromatic N) is 3. The molecule has 0 spiro atoms. The number of aromatic nitrogens is 2. The summed E-state index contributed by atoms with van der Waals surface area (Å²) in [5.41, 5.74) is 7.77. The first-order valence-corrected chi connectivity index (χ1v) is 6.37. The zero-order valence-electron chi connectivity index (χ0n) is 10.6. The molecule has 2 N–H and O–H groups in total. The maximum Gasteiger partial charge on any atom is 0.254 e. The molecule has 0 radical (unpaired) electrons. The van der Waals surface area contributed by atoms with E-state index in [0.717, 1.165) is 10.0 Å². The molecule has 0 saturated carbocycles. The van der Waals surface area contributed by atoms with Crippen molar-refractivity contribution in [2.75, 3.05) is 19.8 Å². The van der Waals surface area contributed by atoms with E-state index in [-0.39, 0.29) is 5.91 Å². The van der Waals surface area contributed by atoms with Crippen LogP contribution >= 0.6 is 15.9 Å². The number of hydrogen-bond acceptors (Lipinski definition) is 4. The van der Waals surface area contributed by atoms with Crippen LogP contribution < -0.4 is 5.73 Å². The van der Waals surface area contributed by atoms with E-state index >= 15 is 0 Å². The Balaban J connectivity index is 2.38. The molecule has 19 heavy (non-hydrogen) atoms. The van der Waals surface area contributed by atoms with Crippen molar-refractivity contribution in [3.8, 4) is 11.3 Å². The number of halogens is 1. The molecule has 2 rings (SSSR count). The van der Waals surface area contributed by atoms with Gasteiger partial charge in [0.15, 0.2) is 0 Å². The minimum absolute atomic E-state index is 0.0839. The number of nitrogens with two attached hydrogens (primary N) is 1. The molecule has 6 heteroatoms. The van der Waals surface area contributed by atoms with Crippen LogP contribution in [0.25, 0.3) is 11.3 Å². The second kappa shape index (κ2) is 5.36. The maximum absolute atomic E-state index is 11.8. The minimum Gasteiger partial charge on any atom is -0.383 e. The van der Waals surface area contributed by atoms with E-state index in [2.05, 4.69) is 25.9 Å². The number of carbonyl (C=O) groups excluding carboxylic acids is 1. The summed E-state index contributed by atoms with van der Waals surface area (Å²) in [4.78, 5) is 21.6. The normalized spacial score (nSPS) is 10.3. The molecule has 0 aromatic carbocycles. The average molecular weight is 321 g/mol. The van der Waals surface area contributed by atoms with E-state index in [0.29, 0.717) is 17.1 Å². The summed E-state index contributed by atoms with van der Waals surface area (Å²) in [6.45, 7) is 0. The molecule has 2 aromatic heterocycles. The summed E-state index contributed by atoms with van der Waals surface area (Å²) in [5, 5.41) is 0. The van der Waals surface area contributed by atoms with Crippen LogP contribution in [0.4, 0.5) is 5.82 Å². The molecule has 98 valence electrons. The largest absolute Gasteiger partial charge is 0.383 e. The smallest absolute Gasteiger partial charge is 0.254 e. The number of hydrogen-bond donors (Lipinski definition) is 1. The number of anilines is 1. The number of pyridine rings is 2. The second-order valence-electron chi connectivity index (χ2n) is 4.22. The molecule has 0 unspecified atom stereocenters. The van der Waals surface area contributed by atoms with Gasteiger partial charge in [0, 0.05) is 36.5 Å². The lowest BCUT2D eigenvalue weighted by molar-refractivity contribution is 0.0827. The molecule has 0 saturated heterocycles. The molecule has 0 bridgehead atoms. The highest BCUT2D eigenvalue weighted by molar-refractivity contribution is 9.10. The molecule has 0 aliphatic rings. The third kappa shape index (κ3) is 2.90. The van der Waals surface area contributed by atoms with Crippen LogP contribution in [-0.4, -0.2) is 34.9 Å². The monoisotopic (exact) mass is 320 g/mol. The maximum atomic E-state index is 11.8. The predicted molar refractivity (Wildman–Crippen MR) is 77.6 cm³/mol. The topological polar surface area (TPSA) is 72.1 Å². The summed E-state index contributed by atoms with van der Waals surface area (Å²) >= 11 is 3.34. The van der Waals surface area contributed by atoms with Gasteiger partial charge in [0.2, 0.25) is 0 Å². The molecule has 1 amide bonds. The summed E-state index contributed by atoms with van der Waals surface area (Å²) in [6.07, 6.45) is 3.17. The van der Waals surface area contributed by atoms with Gasteiger partial charge in [0.1, 0.15) is 5.82 Å². The van der Waals surface area contributed by atoms with Crippen LogP contribution in [0.2, 0.25) is 0 Å². The van der Waals surface area contributed by atoms with E-state index in [1.54, 1.807) is 32.4 Å². The quantitative estimate of drug-likeness (QED) is 0.920. The second-order valence-corrected chi connectivity index (χ2v) is 5.13. The number of nitrogen functional groups attached to an aromatic ring is 1. The molecule has 5 nitrogen and oxygen atoms in total. The van der Waals surface area contributed by atoms with Gasteiger partial charge in [-0.25, -0.2) is 4.98 Å². The van der Waals surface area contributed by atoms with Crippen molar-refractivity contribution in [3.63, 3.8) is 0 Å². The van der Waals surface area contributed by atoms with E-state index in [4.69, 9.17) is 5.73 Å². The zero-order chi connectivity index (χ0) is 14.0. The molecule has 0 atom stereocenters. The highest BCUT2D eigenvalue weighted by Gasteiger charge is 2.10. The standard InChI is InChI=1S/C13H13BrN4O/c1-18(2)13(19)8-3-4-11(16-6-8)10-5-9(14)7-17-12(10)15/h3-7H,1-2H3,(H2,15,17). The van der Waals surface area contributed by atoms with Crippen LogP contribution in [0.5, 0.6) is 0 Å². The summed E-state index contributed by atoms with van der Waals surface area (Å²) in [5.74, 6) is 0.321. The van der Waals surface area contributed by atoms with Crippen molar-refractivity contribution >= 4 is 27.7 Å². The molecular formula is C13H13BrN4O. The Bertz CT molecular complexity index is 611. The van der Waals surface area contributed by atoms with Gasteiger partial charge in [-0.2, -0.15) is 0 Å².